The molecular formula is C24H37N3O3. The molecule has 1 aliphatic carbocycles. The molecule has 1 aromatic heterocycles. The topological polar surface area (TPSA) is 76.6 Å². The van der Waals surface area contributed by atoms with Crippen LogP contribution in [0.1, 0.15) is 74.6 Å². The lowest BCUT2D eigenvalue weighted by Crippen LogP contribution is -2.64. The monoisotopic (exact) mass is 415 g/mol. The molecule has 0 aromatic carbocycles. The van der Waals surface area contributed by atoms with Gasteiger partial charge in [-0.05, 0) is 56.0 Å². The fraction of sp³-hybridized carbons (Fsp3) is 0.750. The summed E-state index contributed by atoms with van der Waals surface area (Å²) in [6, 6.07) is 3.38. The van der Waals surface area contributed by atoms with E-state index in [2.05, 4.69) is 14.8 Å². The van der Waals surface area contributed by atoms with Crippen molar-refractivity contribution in [2.75, 3.05) is 19.6 Å². The van der Waals surface area contributed by atoms with Gasteiger partial charge in [0, 0.05) is 37.6 Å². The van der Waals surface area contributed by atoms with Crippen molar-refractivity contribution in [2.45, 2.75) is 76.3 Å². The Bertz CT molecular complexity index is 686. The molecule has 0 unspecified atom stereocenters. The van der Waals surface area contributed by atoms with Gasteiger partial charge in [-0.1, -0.05) is 38.5 Å². The van der Waals surface area contributed by atoms with Crippen LogP contribution in [0.2, 0.25) is 0 Å². The number of aromatic amines is 1. The van der Waals surface area contributed by atoms with Gasteiger partial charge in [-0.25, -0.2) is 0 Å². The fourth-order valence-electron chi connectivity index (χ4n) is 6.80. The summed E-state index contributed by atoms with van der Waals surface area (Å²) in [5.41, 5.74) is 0.833. The highest BCUT2D eigenvalue weighted by Crippen LogP contribution is 2.44. The normalized spacial score (nSPS) is 31.9. The maximum absolute atomic E-state index is 13.0. The van der Waals surface area contributed by atoms with Gasteiger partial charge in [-0.15, -0.1) is 0 Å². The first-order valence-electron chi connectivity index (χ1n) is 12.0. The Morgan fingerprint density at radius 3 is 2.57 bits per heavy atom. The van der Waals surface area contributed by atoms with Crippen LogP contribution in [0.25, 0.3) is 0 Å². The molecule has 4 heterocycles. The Hall–Kier alpha value is -1.82. The van der Waals surface area contributed by atoms with E-state index < -0.39 is 0 Å². The maximum atomic E-state index is 13.0. The van der Waals surface area contributed by atoms with Crippen LogP contribution in [0.5, 0.6) is 0 Å². The number of likely N-dealkylation sites (tertiary alicyclic amines) is 1. The van der Waals surface area contributed by atoms with E-state index in [0.717, 1.165) is 36.7 Å². The van der Waals surface area contributed by atoms with Crippen molar-refractivity contribution in [2.24, 2.45) is 17.8 Å². The number of carbonyl (C=O) groups excluding carboxylic acids is 1. The summed E-state index contributed by atoms with van der Waals surface area (Å²) < 4.78 is 0. The number of fused-ring (bicyclic) bond motifs is 4. The minimum Gasteiger partial charge on any atom is -0.483 e. The average molecular weight is 416 g/mol. The molecule has 4 fully saturated rings. The summed E-state index contributed by atoms with van der Waals surface area (Å²) in [5.74, 6) is 2.54. The SMILES string of the molecule is O=C(c1cc[nH]c1)N1C[C@H]2C[C@@H](C1)[C@H](CC1CCCCC1)N1CCCC[C@@H]21.O=CO. The van der Waals surface area contributed by atoms with Crippen molar-refractivity contribution >= 4 is 12.4 Å². The van der Waals surface area contributed by atoms with Crippen LogP contribution in [-0.2, 0) is 4.79 Å². The van der Waals surface area contributed by atoms with Crippen LogP contribution < -0.4 is 0 Å². The number of amides is 1. The molecule has 1 aromatic rings. The number of piperidine rings is 3. The van der Waals surface area contributed by atoms with Crippen LogP contribution in [0.4, 0.5) is 0 Å². The highest BCUT2D eigenvalue weighted by molar-refractivity contribution is 5.94. The maximum Gasteiger partial charge on any atom is 0.290 e. The number of rotatable bonds is 3. The molecule has 4 aliphatic rings. The van der Waals surface area contributed by atoms with Crippen molar-refractivity contribution < 1.29 is 14.7 Å². The number of H-pyrrole nitrogens is 1. The van der Waals surface area contributed by atoms with Gasteiger partial charge in [0.15, 0.2) is 0 Å². The predicted molar refractivity (Wildman–Crippen MR) is 116 cm³/mol. The molecule has 30 heavy (non-hydrogen) atoms. The van der Waals surface area contributed by atoms with Crippen LogP contribution in [0, 0.1) is 17.8 Å². The van der Waals surface area contributed by atoms with E-state index in [9.17, 15) is 4.79 Å². The van der Waals surface area contributed by atoms with Crippen LogP contribution in [0.3, 0.4) is 0 Å². The predicted octanol–water partition coefficient (Wildman–Crippen LogP) is 4.00. The molecule has 3 saturated heterocycles. The van der Waals surface area contributed by atoms with Crippen molar-refractivity contribution in [1.82, 2.24) is 14.8 Å². The van der Waals surface area contributed by atoms with Gasteiger partial charge in [0.1, 0.15) is 0 Å². The van der Waals surface area contributed by atoms with Gasteiger partial charge in [-0.3, -0.25) is 14.5 Å². The average Bonchev–Trinajstić information content (AvgIpc) is 3.32. The number of aromatic nitrogens is 1. The second kappa shape index (κ2) is 9.99. The molecule has 4 atom stereocenters. The Morgan fingerprint density at radius 1 is 1.10 bits per heavy atom. The summed E-state index contributed by atoms with van der Waals surface area (Å²) in [6.07, 6.45) is 17.8. The molecule has 0 spiro atoms. The zero-order valence-electron chi connectivity index (χ0n) is 18.0. The van der Waals surface area contributed by atoms with Crippen molar-refractivity contribution in [3.05, 3.63) is 24.0 Å². The first kappa shape index (κ1) is 21.4. The molecule has 1 saturated carbocycles. The van der Waals surface area contributed by atoms with Gasteiger partial charge in [0.2, 0.25) is 0 Å². The van der Waals surface area contributed by atoms with Gasteiger partial charge in [-0.2, -0.15) is 0 Å². The van der Waals surface area contributed by atoms with Crippen molar-refractivity contribution in [1.29, 1.82) is 0 Å². The Balaban J connectivity index is 0.000000687. The Morgan fingerprint density at radius 2 is 1.83 bits per heavy atom. The highest BCUT2D eigenvalue weighted by atomic mass is 16.3. The van der Waals surface area contributed by atoms with Gasteiger partial charge < -0.3 is 15.0 Å². The highest BCUT2D eigenvalue weighted by Gasteiger charge is 2.48. The summed E-state index contributed by atoms with van der Waals surface area (Å²) in [4.78, 5) is 29.6. The molecule has 166 valence electrons. The number of nitrogens with one attached hydrogen (secondary N) is 1. The zero-order valence-corrected chi connectivity index (χ0v) is 18.0. The Kier molecular flexibility index (Phi) is 7.13. The third-order valence-electron chi connectivity index (χ3n) is 8.05. The van der Waals surface area contributed by atoms with Gasteiger partial charge >= 0.3 is 0 Å². The van der Waals surface area contributed by atoms with E-state index in [4.69, 9.17) is 9.90 Å². The zero-order chi connectivity index (χ0) is 20.9. The van der Waals surface area contributed by atoms with Crippen molar-refractivity contribution in [3.63, 3.8) is 0 Å². The van der Waals surface area contributed by atoms with Gasteiger partial charge in [0.25, 0.3) is 12.4 Å². The Labute approximate surface area is 180 Å². The summed E-state index contributed by atoms with van der Waals surface area (Å²) >= 11 is 0. The molecule has 6 heteroatoms. The molecular weight excluding hydrogens is 378 g/mol. The lowest BCUT2D eigenvalue weighted by molar-refractivity contribution is -0.122. The van der Waals surface area contributed by atoms with Crippen molar-refractivity contribution in [3.8, 4) is 0 Å². The minimum absolute atomic E-state index is 0.242. The molecule has 5 rings (SSSR count). The van der Waals surface area contributed by atoms with Gasteiger partial charge in [0.05, 0.1) is 5.56 Å². The minimum atomic E-state index is -0.250. The standard InChI is InChI=1S/C23H35N3O.CH2O2/c27-23(18-9-10-24-14-18)25-15-19-13-20(16-25)22(12-17-6-2-1-3-7-17)26-11-5-4-8-21(19)26;2-1-3/h9-10,14,17,19-22,24H,1-8,11-13,15-16H2;1H,(H,2,3)/t19-,20+,21+,22+;/m1./s1. The second-order valence-electron chi connectivity index (χ2n) is 9.78. The van der Waals surface area contributed by atoms with Crippen LogP contribution in [0.15, 0.2) is 18.5 Å². The summed E-state index contributed by atoms with van der Waals surface area (Å²) in [6.45, 7) is 3.00. The molecule has 0 radical (unpaired) electrons. The van der Waals surface area contributed by atoms with Crippen LogP contribution in [-0.4, -0.2) is 64.0 Å². The molecule has 2 N–H and O–H groups in total. The van der Waals surface area contributed by atoms with E-state index in [1.54, 1.807) is 0 Å². The number of nitrogens with zero attached hydrogens (tertiary/aromatic N) is 2. The smallest absolute Gasteiger partial charge is 0.290 e. The molecule has 3 aliphatic heterocycles. The fourth-order valence-corrected chi connectivity index (χ4v) is 6.80. The first-order chi connectivity index (χ1) is 14.7. The molecule has 6 nitrogen and oxygen atoms in total. The summed E-state index contributed by atoms with van der Waals surface area (Å²) in [7, 11) is 0. The summed E-state index contributed by atoms with van der Waals surface area (Å²) in [5, 5.41) is 6.89. The van der Waals surface area contributed by atoms with E-state index >= 15 is 0 Å². The largest absolute Gasteiger partial charge is 0.483 e. The number of hydrogen-bond acceptors (Lipinski definition) is 3. The van der Waals surface area contributed by atoms with E-state index in [1.165, 1.54) is 70.8 Å². The third kappa shape index (κ3) is 4.58. The van der Waals surface area contributed by atoms with E-state index in [1.807, 2.05) is 18.5 Å². The lowest BCUT2D eigenvalue weighted by Gasteiger charge is -2.57. The van der Waals surface area contributed by atoms with Crippen LogP contribution >= 0.6 is 0 Å². The quantitative estimate of drug-likeness (QED) is 0.732. The first-order valence-corrected chi connectivity index (χ1v) is 12.0. The number of carboxylic acid groups (broad SMARTS) is 1. The lowest BCUT2D eigenvalue weighted by atomic mass is 9.69. The number of hydrogen-bond donors (Lipinski definition) is 2. The van der Waals surface area contributed by atoms with E-state index in [0.29, 0.717) is 11.8 Å². The molecule has 2 bridgehead atoms. The van der Waals surface area contributed by atoms with E-state index in [-0.39, 0.29) is 12.4 Å². The number of carbonyl (C=O) groups is 2. The second-order valence-corrected chi connectivity index (χ2v) is 9.78. The third-order valence-corrected chi connectivity index (χ3v) is 8.05. The molecule has 1 amide bonds.